The molecule has 0 bridgehead atoms. The molecule has 0 fully saturated rings. The fourth-order valence-corrected chi connectivity index (χ4v) is 4.46. The Labute approximate surface area is 186 Å². The monoisotopic (exact) mass is 491 g/mol. The zero-order valence-electron chi connectivity index (χ0n) is 17.7. The second-order valence-corrected chi connectivity index (χ2v) is 9.25. The molecule has 0 aliphatic heterocycles. The number of halogens is 4. The highest BCUT2D eigenvalue weighted by Gasteiger charge is 2.39. The van der Waals surface area contributed by atoms with Crippen LogP contribution in [0.15, 0.2) is 35.2 Å². The molecule has 2 amide bonds. The van der Waals surface area contributed by atoms with E-state index >= 15 is 0 Å². The Hall–Kier alpha value is -3.06. The maximum atomic E-state index is 14.1. The Morgan fingerprint density at radius 3 is 2.30 bits per heavy atom. The Morgan fingerprint density at radius 2 is 1.79 bits per heavy atom. The number of nitrogens with one attached hydrogen (secondary N) is 2. The second kappa shape index (κ2) is 9.43. The number of aromatic nitrogens is 1. The molecule has 1 atom stereocenters. The third-order valence-electron chi connectivity index (χ3n) is 4.60. The van der Waals surface area contributed by atoms with E-state index < -0.39 is 67.0 Å². The molecule has 13 heteroatoms. The highest BCUT2D eigenvalue weighted by Crippen LogP contribution is 2.32. The van der Waals surface area contributed by atoms with Crippen LogP contribution in [-0.4, -0.2) is 48.7 Å². The van der Waals surface area contributed by atoms with Gasteiger partial charge >= 0.3 is 6.18 Å². The largest absolute Gasteiger partial charge is 0.433 e. The number of sulfone groups is 1. The first-order valence-corrected chi connectivity index (χ1v) is 11.1. The van der Waals surface area contributed by atoms with E-state index in [0.29, 0.717) is 6.07 Å². The Bertz CT molecular complexity index is 1180. The number of aliphatic hydroxyl groups is 1. The summed E-state index contributed by atoms with van der Waals surface area (Å²) in [6, 6.07) is 4.61. The Balaban J connectivity index is 2.27. The van der Waals surface area contributed by atoms with Crippen molar-refractivity contribution in [1.82, 2.24) is 10.3 Å². The molecule has 0 unspecified atom stereocenters. The van der Waals surface area contributed by atoms with E-state index in [0.717, 1.165) is 31.2 Å². The van der Waals surface area contributed by atoms with Crippen LogP contribution in [0.1, 0.15) is 35.5 Å². The highest BCUT2D eigenvalue weighted by molar-refractivity contribution is 7.91. The average molecular weight is 491 g/mol. The van der Waals surface area contributed by atoms with E-state index in [4.69, 9.17) is 0 Å². The normalized spacial score (nSPS) is 13.8. The van der Waals surface area contributed by atoms with Crippen molar-refractivity contribution in [1.29, 1.82) is 0 Å². The maximum Gasteiger partial charge on any atom is 0.433 e. The molecule has 1 heterocycles. The number of hydrogen-bond acceptors (Lipinski definition) is 6. The number of carbonyl (C=O) groups is 2. The molecule has 3 N–H and O–H groups in total. The summed E-state index contributed by atoms with van der Waals surface area (Å²) in [5, 5.41) is 14.6. The third-order valence-corrected chi connectivity index (χ3v) is 6.52. The quantitative estimate of drug-likeness (QED) is 0.511. The number of nitrogens with zero attached hydrogens (tertiary/aromatic N) is 1. The molecular formula is C20H21F4N3O5S. The Morgan fingerprint density at radius 1 is 1.15 bits per heavy atom. The number of anilines is 1. The van der Waals surface area contributed by atoms with Gasteiger partial charge in [0.05, 0.1) is 16.2 Å². The van der Waals surface area contributed by atoms with Gasteiger partial charge in [0, 0.05) is 7.05 Å². The molecule has 8 nitrogen and oxygen atoms in total. The number of rotatable bonds is 7. The molecule has 0 saturated carbocycles. The lowest BCUT2D eigenvalue weighted by Crippen LogP contribution is -2.46. The van der Waals surface area contributed by atoms with Gasteiger partial charge in [0.1, 0.15) is 17.3 Å². The predicted molar refractivity (Wildman–Crippen MR) is 110 cm³/mol. The van der Waals surface area contributed by atoms with Crippen molar-refractivity contribution < 1.29 is 40.7 Å². The van der Waals surface area contributed by atoms with E-state index in [9.17, 15) is 40.7 Å². The van der Waals surface area contributed by atoms with E-state index in [1.807, 2.05) is 5.32 Å². The van der Waals surface area contributed by atoms with Crippen LogP contribution in [0, 0.1) is 5.82 Å². The lowest BCUT2D eigenvalue weighted by atomic mass is 10.1. The van der Waals surface area contributed by atoms with Crippen molar-refractivity contribution in [2.45, 2.75) is 36.9 Å². The minimum atomic E-state index is -4.79. The van der Waals surface area contributed by atoms with Gasteiger partial charge < -0.3 is 15.7 Å². The van der Waals surface area contributed by atoms with Crippen molar-refractivity contribution in [3.63, 3.8) is 0 Å². The minimum absolute atomic E-state index is 0.0291. The van der Waals surface area contributed by atoms with Crippen LogP contribution < -0.4 is 10.6 Å². The molecule has 180 valence electrons. The van der Waals surface area contributed by atoms with Gasteiger partial charge in [-0.2, -0.15) is 13.2 Å². The summed E-state index contributed by atoms with van der Waals surface area (Å²) in [5.41, 5.74) is -4.36. The number of alkyl halides is 3. The van der Waals surface area contributed by atoms with Crippen LogP contribution >= 0.6 is 0 Å². The second-order valence-electron chi connectivity index (χ2n) is 7.26. The van der Waals surface area contributed by atoms with Gasteiger partial charge in [-0.15, -0.1) is 0 Å². The lowest BCUT2D eigenvalue weighted by molar-refractivity contribution is -0.141. The van der Waals surface area contributed by atoms with E-state index in [-0.39, 0.29) is 12.0 Å². The van der Waals surface area contributed by atoms with Crippen LogP contribution in [0.25, 0.3) is 0 Å². The van der Waals surface area contributed by atoms with Crippen LogP contribution in [0.2, 0.25) is 0 Å². The van der Waals surface area contributed by atoms with Crippen molar-refractivity contribution in [3.05, 3.63) is 53.0 Å². The first-order valence-electron chi connectivity index (χ1n) is 9.47. The molecule has 1 aromatic carbocycles. The van der Waals surface area contributed by atoms with Crippen molar-refractivity contribution in [3.8, 4) is 0 Å². The van der Waals surface area contributed by atoms with Crippen LogP contribution in [-0.2, 0) is 27.2 Å². The molecule has 0 aliphatic rings. The summed E-state index contributed by atoms with van der Waals surface area (Å²) in [6.07, 6.45) is -4.76. The summed E-state index contributed by atoms with van der Waals surface area (Å²) in [4.78, 5) is 26.7. The van der Waals surface area contributed by atoms with Gasteiger partial charge in [-0.3, -0.25) is 9.59 Å². The summed E-state index contributed by atoms with van der Waals surface area (Å²) >= 11 is 0. The SMILES string of the molecule is CCc1ccc(NC(=O)[C@@](C)(O)CS(=O)(=O)c2ccc(C(=O)NC)c(F)c2)nc1C(F)(F)F. The van der Waals surface area contributed by atoms with Gasteiger partial charge in [0.25, 0.3) is 11.8 Å². The maximum absolute atomic E-state index is 14.1. The fourth-order valence-electron chi connectivity index (χ4n) is 2.87. The predicted octanol–water partition coefficient (Wildman–Crippen LogP) is 2.32. The molecule has 33 heavy (non-hydrogen) atoms. The molecule has 1 aromatic heterocycles. The number of carbonyl (C=O) groups excluding carboxylic acids is 2. The molecular weight excluding hydrogens is 470 g/mol. The van der Waals surface area contributed by atoms with Crippen LogP contribution in [0.4, 0.5) is 23.4 Å². The van der Waals surface area contributed by atoms with Crippen molar-refractivity contribution in [2.75, 3.05) is 18.1 Å². The first-order chi connectivity index (χ1) is 15.1. The van der Waals surface area contributed by atoms with Crippen LogP contribution in [0.5, 0.6) is 0 Å². The summed E-state index contributed by atoms with van der Waals surface area (Å²) in [5.74, 6) is -5.02. The minimum Gasteiger partial charge on any atom is -0.379 e. The number of hydrogen-bond donors (Lipinski definition) is 3. The summed E-state index contributed by atoms with van der Waals surface area (Å²) in [7, 11) is -3.20. The molecule has 0 saturated heterocycles. The molecule has 0 spiro atoms. The van der Waals surface area contributed by atoms with Gasteiger partial charge in [-0.1, -0.05) is 13.0 Å². The Kier molecular flexibility index (Phi) is 7.49. The summed E-state index contributed by atoms with van der Waals surface area (Å²) in [6.45, 7) is 2.32. The van der Waals surface area contributed by atoms with E-state index in [1.54, 1.807) is 0 Å². The topological polar surface area (TPSA) is 125 Å². The number of benzene rings is 1. The number of amides is 2. The molecule has 0 aliphatic carbocycles. The smallest absolute Gasteiger partial charge is 0.379 e. The highest BCUT2D eigenvalue weighted by atomic mass is 32.2. The van der Waals surface area contributed by atoms with Gasteiger partial charge in [-0.05, 0) is 43.2 Å². The summed E-state index contributed by atoms with van der Waals surface area (Å²) < 4.78 is 78.8. The van der Waals surface area contributed by atoms with Gasteiger partial charge in [-0.25, -0.2) is 17.8 Å². The zero-order valence-corrected chi connectivity index (χ0v) is 18.6. The van der Waals surface area contributed by atoms with Crippen molar-refractivity contribution in [2.24, 2.45) is 0 Å². The number of pyridine rings is 1. The van der Waals surface area contributed by atoms with Crippen LogP contribution in [0.3, 0.4) is 0 Å². The fraction of sp³-hybridized carbons (Fsp3) is 0.350. The lowest BCUT2D eigenvalue weighted by Gasteiger charge is -2.22. The molecule has 2 aromatic rings. The zero-order chi connectivity index (χ0) is 25.2. The van der Waals surface area contributed by atoms with Gasteiger partial charge in [0.2, 0.25) is 0 Å². The standard InChI is InChI=1S/C20H21F4N3O5S/c1-4-11-5-8-15(26-16(11)20(22,23)24)27-18(29)19(2,30)10-33(31,32)12-6-7-13(14(21)9-12)17(28)25-3/h5-9,30H,4,10H2,1-3H3,(H,25,28)(H,26,27,29)/t19-/m0/s1. The van der Waals surface area contributed by atoms with Gasteiger partial charge in [0.15, 0.2) is 15.4 Å². The molecule has 2 rings (SSSR count). The average Bonchev–Trinajstić information content (AvgIpc) is 2.71. The first kappa shape index (κ1) is 26.2. The third kappa shape index (κ3) is 6.05. The van der Waals surface area contributed by atoms with E-state index in [1.165, 1.54) is 14.0 Å². The van der Waals surface area contributed by atoms with E-state index in [2.05, 4.69) is 10.3 Å². The number of aryl methyl sites for hydroxylation is 1. The molecule has 0 radical (unpaired) electrons. The van der Waals surface area contributed by atoms with Crippen molar-refractivity contribution >= 4 is 27.5 Å².